The highest BCUT2D eigenvalue weighted by molar-refractivity contribution is 9.10. The summed E-state index contributed by atoms with van der Waals surface area (Å²) in [6.07, 6.45) is 0. The fourth-order valence-corrected chi connectivity index (χ4v) is 2.85. The summed E-state index contributed by atoms with van der Waals surface area (Å²) in [6, 6.07) is 8.98. The highest BCUT2D eigenvalue weighted by Crippen LogP contribution is 2.30. The van der Waals surface area contributed by atoms with Gasteiger partial charge in [0.05, 0.1) is 21.2 Å². The molecule has 20 heavy (non-hydrogen) atoms. The number of hydrogen-bond acceptors (Lipinski definition) is 2. The van der Waals surface area contributed by atoms with E-state index in [4.69, 9.17) is 5.73 Å². The van der Waals surface area contributed by atoms with Crippen molar-refractivity contribution in [3.05, 3.63) is 50.7 Å². The highest BCUT2D eigenvalue weighted by Gasteiger charge is 2.14. The lowest BCUT2D eigenvalue weighted by molar-refractivity contribution is 0.623. The second-order valence-electron chi connectivity index (χ2n) is 4.49. The lowest BCUT2D eigenvalue weighted by Gasteiger charge is -2.10. The molecule has 0 saturated heterocycles. The van der Waals surface area contributed by atoms with Crippen LogP contribution in [0.3, 0.4) is 0 Å². The molecule has 0 saturated carbocycles. The molecule has 0 fully saturated rings. The van der Waals surface area contributed by atoms with Gasteiger partial charge < -0.3 is 5.73 Å². The number of nitrogen functional groups attached to an aromatic ring is 1. The fraction of sp³-hybridized carbons (Fsp3) is 0.0714. The van der Waals surface area contributed by atoms with Gasteiger partial charge >= 0.3 is 0 Å². The Hall–Kier alpha value is -1.40. The number of halogens is 3. The topological polar surface area (TPSA) is 43.8 Å². The molecule has 1 aromatic heterocycles. The van der Waals surface area contributed by atoms with E-state index in [2.05, 4.69) is 36.8 Å². The van der Waals surface area contributed by atoms with E-state index in [0.717, 1.165) is 21.2 Å². The normalized spacial score (nSPS) is 11.2. The Balaban J connectivity index is 2.38. The van der Waals surface area contributed by atoms with E-state index in [0.29, 0.717) is 15.9 Å². The molecule has 3 nitrogen and oxygen atoms in total. The number of anilines is 1. The molecule has 102 valence electrons. The molecule has 6 heteroatoms. The lowest BCUT2D eigenvalue weighted by Crippen LogP contribution is -2.02. The number of aromatic nitrogens is 2. The first kappa shape index (κ1) is 13.6. The Morgan fingerprint density at radius 1 is 1.20 bits per heavy atom. The van der Waals surface area contributed by atoms with Gasteiger partial charge in [-0.25, -0.2) is 9.37 Å². The van der Waals surface area contributed by atoms with Crippen LogP contribution < -0.4 is 5.73 Å². The zero-order chi connectivity index (χ0) is 14.4. The second-order valence-corrected chi connectivity index (χ2v) is 6.26. The molecule has 3 aromatic rings. The number of benzene rings is 2. The molecule has 0 bridgehead atoms. The summed E-state index contributed by atoms with van der Waals surface area (Å²) >= 11 is 6.65. The Kier molecular flexibility index (Phi) is 3.30. The molecular weight excluding hydrogens is 389 g/mol. The number of aryl methyl sites for hydroxylation is 1. The molecule has 0 aliphatic carbocycles. The van der Waals surface area contributed by atoms with Crippen LogP contribution in [0, 0.1) is 12.7 Å². The maximum absolute atomic E-state index is 13.6. The van der Waals surface area contributed by atoms with E-state index in [1.54, 1.807) is 6.07 Å². The summed E-state index contributed by atoms with van der Waals surface area (Å²) in [5.41, 5.74) is 9.26. The largest absolute Gasteiger partial charge is 0.369 e. The van der Waals surface area contributed by atoms with Crippen LogP contribution in [0.15, 0.2) is 39.3 Å². The van der Waals surface area contributed by atoms with Crippen molar-refractivity contribution in [2.24, 2.45) is 0 Å². The number of nitrogens with two attached hydrogens (primary N) is 1. The molecule has 0 unspecified atom stereocenters. The van der Waals surface area contributed by atoms with E-state index in [1.807, 2.05) is 29.7 Å². The molecule has 0 amide bonds. The smallest absolute Gasteiger partial charge is 0.205 e. The van der Waals surface area contributed by atoms with Crippen LogP contribution in [0.25, 0.3) is 16.7 Å². The Morgan fingerprint density at radius 2 is 1.95 bits per heavy atom. The SMILES string of the molecule is Cc1ccc(Br)cc1-n1c(N)nc2cc(F)c(Br)cc21. The maximum atomic E-state index is 13.6. The molecule has 1 heterocycles. The molecule has 0 aliphatic rings. The van der Waals surface area contributed by atoms with Crippen molar-refractivity contribution in [2.45, 2.75) is 6.92 Å². The summed E-state index contributed by atoms with van der Waals surface area (Å²) < 4.78 is 16.7. The van der Waals surface area contributed by atoms with Gasteiger partial charge in [0.25, 0.3) is 0 Å². The molecule has 2 aromatic carbocycles. The van der Waals surface area contributed by atoms with Gasteiger partial charge in [0.15, 0.2) is 0 Å². The van der Waals surface area contributed by atoms with Crippen molar-refractivity contribution in [3.63, 3.8) is 0 Å². The number of hydrogen-bond donors (Lipinski definition) is 1. The standard InChI is InChI=1S/C14H10Br2FN3/c1-7-2-3-8(15)4-12(7)20-13-5-9(16)10(17)6-11(13)19-14(20)18/h2-6H,1H3,(H2,18,19). The molecule has 0 aliphatic heterocycles. The molecule has 0 spiro atoms. The van der Waals surface area contributed by atoms with Crippen LogP contribution in [0.4, 0.5) is 10.3 Å². The first-order valence-electron chi connectivity index (χ1n) is 5.87. The van der Waals surface area contributed by atoms with Crippen molar-refractivity contribution in [1.82, 2.24) is 9.55 Å². The van der Waals surface area contributed by atoms with Crippen molar-refractivity contribution in [1.29, 1.82) is 0 Å². The predicted octanol–water partition coefficient (Wildman–Crippen LogP) is 4.58. The molecule has 0 atom stereocenters. The summed E-state index contributed by atoms with van der Waals surface area (Å²) in [7, 11) is 0. The number of rotatable bonds is 1. The van der Waals surface area contributed by atoms with Crippen molar-refractivity contribution >= 4 is 48.8 Å². The Labute approximate surface area is 131 Å². The average Bonchev–Trinajstić information content (AvgIpc) is 2.69. The minimum absolute atomic E-state index is 0.332. The summed E-state index contributed by atoms with van der Waals surface area (Å²) in [6.45, 7) is 1.99. The molecule has 2 N–H and O–H groups in total. The average molecular weight is 399 g/mol. The quantitative estimate of drug-likeness (QED) is 0.651. The number of fused-ring (bicyclic) bond motifs is 1. The lowest BCUT2D eigenvalue weighted by atomic mass is 10.2. The maximum Gasteiger partial charge on any atom is 0.205 e. The Bertz CT molecular complexity index is 827. The van der Waals surface area contributed by atoms with Crippen molar-refractivity contribution < 1.29 is 4.39 Å². The molecule has 0 radical (unpaired) electrons. The molecule has 3 rings (SSSR count). The van der Waals surface area contributed by atoms with Gasteiger partial charge in [-0.15, -0.1) is 0 Å². The van der Waals surface area contributed by atoms with Crippen LogP contribution in [0.5, 0.6) is 0 Å². The fourth-order valence-electron chi connectivity index (χ4n) is 2.17. The summed E-state index contributed by atoms with van der Waals surface area (Å²) in [5, 5.41) is 0. The van der Waals surface area contributed by atoms with Gasteiger partial charge in [-0.3, -0.25) is 4.57 Å². The van der Waals surface area contributed by atoms with Crippen LogP contribution in [-0.2, 0) is 0 Å². The van der Waals surface area contributed by atoms with E-state index in [1.165, 1.54) is 6.07 Å². The van der Waals surface area contributed by atoms with E-state index >= 15 is 0 Å². The van der Waals surface area contributed by atoms with Gasteiger partial charge in [0.1, 0.15) is 5.82 Å². The monoisotopic (exact) mass is 397 g/mol. The predicted molar refractivity (Wildman–Crippen MR) is 85.6 cm³/mol. The minimum Gasteiger partial charge on any atom is -0.369 e. The van der Waals surface area contributed by atoms with Gasteiger partial charge in [-0.2, -0.15) is 0 Å². The number of imidazole rings is 1. The third-order valence-electron chi connectivity index (χ3n) is 3.13. The second kappa shape index (κ2) is 4.86. The number of nitrogens with zero attached hydrogens (tertiary/aromatic N) is 2. The summed E-state index contributed by atoms with van der Waals surface area (Å²) in [5.74, 6) is -0.0215. The van der Waals surface area contributed by atoms with Crippen LogP contribution in [-0.4, -0.2) is 9.55 Å². The third kappa shape index (κ3) is 2.13. The zero-order valence-corrected chi connectivity index (χ0v) is 13.7. The van der Waals surface area contributed by atoms with Crippen LogP contribution >= 0.6 is 31.9 Å². The first-order valence-corrected chi connectivity index (χ1v) is 7.45. The zero-order valence-electron chi connectivity index (χ0n) is 10.5. The van der Waals surface area contributed by atoms with E-state index in [-0.39, 0.29) is 5.82 Å². The Morgan fingerprint density at radius 3 is 2.70 bits per heavy atom. The van der Waals surface area contributed by atoms with Gasteiger partial charge in [0.2, 0.25) is 5.95 Å². The van der Waals surface area contributed by atoms with Gasteiger partial charge in [0, 0.05) is 10.5 Å². The van der Waals surface area contributed by atoms with E-state index in [9.17, 15) is 4.39 Å². The summed E-state index contributed by atoms with van der Waals surface area (Å²) in [4.78, 5) is 4.23. The highest BCUT2D eigenvalue weighted by atomic mass is 79.9. The van der Waals surface area contributed by atoms with Gasteiger partial charge in [-0.05, 0) is 46.6 Å². The van der Waals surface area contributed by atoms with Crippen molar-refractivity contribution in [2.75, 3.05) is 5.73 Å². The van der Waals surface area contributed by atoms with Crippen LogP contribution in [0.2, 0.25) is 0 Å². The minimum atomic E-state index is -0.354. The molecular formula is C14H10Br2FN3. The third-order valence-corrected chi connectivity index (χ3v) is 4.24. The van der Waals surface area contributed by atoms with Crippen molar-refractivity contribution in [3.8, 4) is 5.69 Å². The first-order chi connectivity index (χ1) is 9.47. The van der Waals surface area contributed by atoms with E-state index < -0.39 is 0 Å². The van der Waals surface area contributed by atoms with Gasteiger partial charge in [-0.1, -0.05) is 22.0 Å². The van der Waals surface area contributed by atoms with Crippen LogP contribution in [0.1, 0.15) is 5.56 Å².